The first-order valence-corrected chi connectivity index (χ1v) is 25.3. The van der Waals surface area contributed by atoms with Gasteiger partial charge in [0.2, 0.25) is 0 Å². The molecule has 0 bridgehead atoms. The number of aryl methyl sites for hydroxylation is 1. The summed E-state index contributed by atoms with van der Waals surface area (Å²) in [5, 5.41) is 33.5. The Kier molecular flexibility index (Phi) is 21.9. The van der Waals surface area contributed by atoms with Crippen LogP contribution in [0.4, 0.5) is 17.1 Å². The first kappa shape index (κ1) is 52.7. The molecule has 5 rings (SSSR count). The Hall–Kier alpha value is -4.31. The topological polar surface area (TPSA) is 185 Å². The predicted octanol–water partition coefficient (Wildman–Crippen LogP) is 11.1. The van der Waals surface area contributed by atoms with E-state index >= 15 is 0 Å². The van der Waals surface area contributed by atoms with Crippen LogP contribution < -0.4 is 10.2 Å². The number of rotatable bonds is 36. The number of ether oxygens (including phenoxy) is 3. The van der Waals surface area contributed by atoms with Crippen molar-refractivity contribution in [1.29, 1.82) is 0 Å². The highest BCUT2D eigenvalue weighted by atomic mass is 31.2. The molecule has 0 aliphatic heterocycles. The third kappa shape index (κ3) is 18.1. The molecule has 0 amide bonds. The van der Waals surface area contributed by atoms with E-state index < -0.39 is 23.8 Å². The summed E-state index contributed by atoms with van der Waals surface area (Å²) in [5.74, 6) is 0. The molecule has 0 aliphatic carbocycles. The summed E-state index contributed by atoms with van der Waals surface area (Å²) >= 11 is 0. The molecule has 2 unspecified atom stereocenters. The minimum absolute atomic E-state index is 0.0133. The third-order valence-corrected chi connectivity index (χ3v) is 12.8. The summed E-state index contributed by atoms with van der Waals surface area (Å²) in [6.07, 6.45) is 14.7. The van der Waals surface area contributed by atoms with E-state index in [9.17, 15) is 29.7 Å². The Morgan fingerprint density at radius 2 is 1.21 bits per heavy atom. The summed E-state index contributed by atoms with van der Waals surface area (Å²) in [6, 6.07) is 23.7. The van der Waals surface area contributed by atoms with Crippen LogP contribution in [-0.2, 0) is 34.2 Å². The average Bonchev–Trinajstić information content (AvgIpc) is 3.28. The second-order valence-corrected chi connectivity index (χ2v) is 19.6. The first-order chi connectivity index (χ1) is 31.8. The van der Waals surface area contributed by atoms with E-state index in [1.807, 2.05) is 21.1 Å². The van der Waals surface area contributed by atoms with Gasteiger partial charge in [-0.15, -0.1) is 0 Å². The van der Waals surface area contributed by atoms with Gasteiger partial charge in [0, 0.05) is 39.0 Å². The van der Waals surface area contributed by atoms with Crippen LogP contribution in [0.1, 0.15) is 95.5 Å². The molecule has 0 radical (unpaired) electrons. The van der Waals surface area contributed by atoms with Gasteiger partial charge in [0.1, 0.15) is 24.9 Å². The van der Waals surface area contributed by atoms with Crippen molar-refractivity contribution in [3.63, 3.8) is 0 Å². The Bertz CT molecular complexity index is 2270. The SMILES string of the molecule is C[N+](C)(C)CCOP(=O)([O-])OCC(COCCCCCCCCCCOCCCCc1ccc2ccc3cccc4ccc1c2c34)OCCCCCCNc1ccc([N+](=O)[O-])cc1[N+](=O)[O-]. The normalized spacial score (nSPS) is 13.5. The third-order valence-electron chi connectivity index (χ3n) is 11.8. The molecule has 5 aromatic carbocycles. The minimum atomic E-state index is -4.52. The van der Waals surface area contributed by atoms with Gasteiger partial charge in [-0.2, -0.15) is 0 Å². The average molecular weight is 935 g/mol. The van der Waals surface area contributed by atoms with E-state index in [-0.39, 0.29) is 36.9 Å². The fourth-order valence-corrected chi connectivity index (χ4v) is 8.82. The van der Waals surface area contributed by atoms with Crippen LogP contribution in [0.2, 0.25) is 0 Å². The van der Waals surface area contributed by atoms with Crippen molar-refractivity contribution in [2.75, 3.05) is 85.8 Å². The lowest BCUT2D eigenvalue weighted by molar-refractivity contribution is -0.870. The van der Waals surface area contributed by atoms with Crippen LogP contribution in [-0.4, -0.2) is 101 Å². The number of phosphoric acid groups is 1. The number of hydrogen-bond donors (Lipinski definition) is 1. The molecule has 0 fully saturated rings. The smallest absolute Gasteiger partial charge is 0.299 e. The molecule has 0 spiro atoms. The van der Waals surface area contributed by atoms with Gasteiger partial charge < -0.3 is 38.0 Å². The maximum absolute atomic E-state index is 12.4. The van der Waals surface area contributed by atoms with Gasteiger partial charge >= 0.3 is 0 Å². The Labute approximate surface area is 389 Å². The lowest BCUT2D eigenvalue weighted by atomic mass is 9.91. The van der Waals surface area contributed by atoms with Crippen molar-refractivity contribution in [2.45, 2.75) is 102 Å². The molecular formula is C50H71N4O11P. The number of likely N-dealkylation sites (N-methyl/N-ethyl adjacent to an activating group) is 1. The van der Waals surface area contributed by atoms with Crippen molar-refractivity contribution in [1.82, 2.24) is 0 Å². The molecule has 2 atom stereocenters. The molecule has 16 heteroatoms. The summed E-state index contributed by atoms with van der Waals surface area (Å²) in [4.78, 5) is 33.5. The summed E-state index contributed by atoms with van der Waals surface area (Å²) in [7, 11) is 1.31. The molecule has 0 aliphatic rings. The van der Waals surface area contributed by atoms with E-state index in [0.717, 1.165) is 83.5 Å². The number of non-ortho nitro benzene ring substituents is 1. The zero-order valence-electron chi connectivity index (χ0n) is 39.3. The Morgan fingerprint density at radius 1 is 0.621 bits per heavy atom. The number of nitrogens with zero attached hydrogens (tertiary/aromatic N) is 3. The number of nitro groups is 2. The molecular weight excluding hydrogens is 864 g/mol. The highest BCUT2D eigenvalue weighted by Crippen LogP contribution is 2.39. The lowest BCUT2D eigenvalue weighted by Gasteiger charge is -2.28. The number of nitrogens with one attached hydrogen (secondary N) is 1. The molecule has 0 saturated heterocycles. The van der Waals surface area contributed by atoms with Crippen LogP contribution in [0.3, 0.4) is 0 Å². The van der Waals surface area contributed by atoms with E-state index in [4.69, 9.17) is 23.3 Å². The Morgan fingerprint density at radius 3 is 1.88 bits per heavy atom. The minimum Gasteiger partial charge on any atom is -0.756 e. The molecule has 15 nitrogen and oxygen atoms in total. The van der Waals surface area contributed by atoms with Crippen LogP contribution in [0.15, 0.2) is 72.8 Å². The van der Waals surface area contributed by atoms with E-state index in [1.54, 1.807) is 0 Å². The van der Waals surface area contributed by atoms with Crippen LogP contribution >= 0.6 is 7.82 Å². The van der Waals surface area contributed by atoms with Gasteiger partial charge in [-0.1, -0.05) is 106 Å². The number of nitro benzene ring substituents is 2. The van der Waals surface area contributed by atoms with Gasteiger partial charge in [-0.25, -0.2) is 0 Å². The van der Waals surface area contributed by atoms with Crippen molar-refractivity contribution >= 4 is 57.2 Å². The zero-order chi connectivity index (χ0) is 47.2. The van der Waals surface area contributed by atoms with Crippen LogP contribution in [0, 0.1) is 20.2 Å². The molecule has 362 valence electrons. The van der Waals surface area contributed by atoms with Crippen LogP contribution in [0.25, 0.3) is 32.3 Å². The zero-order valence-corrected chi connectivity index (χ0v) is 40.2. The van der Waals surface area contributed by atoms with Crippen molar-refractivity contribution in [3.8, 4) is 0 Å². The molecule has 5 aromatic rings. The largest absolute Gasteiger partial charge is 0.756 e. The van der Waals surface area contributed by atoms with Gasteiger partial charge in [-0.3, -0.25) is 24.8 Å². The summed E-state index contributed by atoms with van der Waals surface area (Å²) < 4.78 is 41.1. The number of phosphoric ester groups is 1. The van der Waals surface area contributed by atoms with Crippen molar-refractivity contribution < 1.29 is 47.0 Å². The van der Waals surface area contributed by atoms with Gasteiger partial charge in [0.05, 0.1) is 50.3 Å². The van der Waals surface area contributed by atoms with Gasteiger partial charge in [0.25, 0.3) is 19.2 Å². The lowest BCUT2D eigenvalue weighted by Crippen LogP contribution is -2.37. The predicted molar refractivity (Wildman–Crippen MR) is 261 cm³/mol. The fraction of sp³-hybridized carbons (Fsp3) is 0.560. The van der Waals surface area contributed by atoms with Crippen molar-refractivity contribution in [3.05, 3.63) is 98.6 Å². The van der Waals surface area contributed by atoms with Crippen molar-refractivity contribution in [2.24, 2.45) is 0 Å². The number of quaternary nitrogens is 1. The highest BCUT2D eigenvalue weighted by molar-refractivity contribution is 7.45. The maximum atomic E-state index is 12.4. The maximum Gasteiger partial charge on any atom is 0.299 e. The monoisotopic (exact) mass is 934 g/mol. The van der Waals surface area contributed by atoms with Gasteiger partial charge in [-0.05, 0) is 88.9 Å². The second kappa shape index (κ2) is 27.5. The van der Waals surface area contributed by atoms with Crippen LogP contribution in [0.5, 0.6) is 0 Å². The Balaban J connectivity index is 0.876. The first-order valence-electron chi connectivity index (χ1n) is 23.8. The number of anilines is 1. The molecule has 0 heterocycles. The van der Waals surface area contributed by atoms with E-state index in [0.29, 0.717) is 37.2 Å². The fourth-order valence-electron chi connectivity index (χ4n) is 8.09. The molecule has 0 saturated carbocycles. The van der Waals surface area contributed by atoms with E-state index in [2.05, 4.69) is 59.9 Å². The summed E-state index contributed by atoms with van der Waals surface area (Å²) in [5.41, 5.74) is 0.980. The second-order valence-electron chi connectivity index (χ2n) is 18.2. The number of hydrogen-bond acceptors (Lipinski definition) is 12. The number of unbranched alkanes of at least 4 members (excludes halogenated alkanes) is 11. The quantitative estimate of drug-likeness (QED) is 0.0100. The molecule has 1 N–H and O–H groups in total. The molecule has 66 heavy (non-hydrogen) atoms. The van der Waals surface area contributed by atoms with E-state index in [1.165, 1.54) is 75.7 Å². The summed E-state index contributed by atoms with van der Waals surface area (Å²) in [6.45, 7) is 3.51. The highest BCUT2D eigenvalue weighted by Gasteiger charge is 2.20. The standard InChI is InChI=1S/C50H71N4O11P/c1-54(2,3)31-36-64-66(59,60)65-39-45(63-35-16-11-8-13-30-51-47-29-27-44(52(55)56)37-48(47)53(57)58)38-62-34-15-10-7-5-4-6-9-14-32-61-33-17-12-19-40-22-23-43-25-24-41-20-18-21-42-26-28-46(40)50(43)49(41)42/h18,20-29,37,45,51H,4-17,19,30-36,38-39H2,1-3H3. The number of benzene rings is 5. The van der Waals surface area contributed by atoms with Gasteiger partial charge in [0.15, 0.2) is 0 Å². The molecule has 0 aromatic heterocycles.